The third kappa shape index (κ3) is 5.25. The molecule has 2 amide bonds. The first kappa shape index (κ1) is 22.4. The molecular weight excluding hydrogens is 436 g/mol. The molecule has 12 heteroatoms. The second-order valence-corrected chi connectivity index (χ2v) is 6.56. The maximum atomic E-state index is 12.5. The number of alkyl halides is 2. The highest BCUT2D eigenvalue weighted by atomic mass is 35.5. The van der Waals surface area contributed by atoms with Gasteiger partial charge in [0.1, 0.15) is 10.5 Å². The molecule has 0 bridgehead atoms. The van der Waals surface area contributed by atoms with Crippen molar-refractivity contribution in [3.63, 3.8) is 0 Å². The predicted molar refractivity (Wildman–Crippen MR) is 110 cm³/mol. The van der Waals surface area contributed by atoms with Gasteiger partial charge in [-0.2, -0.15) is 8.78 Å². The molecule has 0 radical (unpaired) electrons. The zero-order chi connectivity index (χ0) is 22.5. The lowest BCUT2D eigenvalue weighted by molar-refractivity contribution is -0.0527. The van der Waals surface area contributed by atoms with Gasteiger partial charge in [0.05, 0.1) is 42.5 Å². The van der Waals surface area contributed by atoms with Crippen molar-refractivity contribution in [1.82, 2.24) is 15.0 Å². The normalized spacial score (nSPS) is 12.0. The molecule has 3 heterocycles. The minimum atomic E-state index is -3.07. The van der Waals surface area contributed by atoms with Crippen molar-refractivity contribution in [1.29, 1.82) is 0 Å². The van der Waals surface area contributed by atoms with Gasteiger partial charge in [0.25, 0.3) is 0 Å². The molecule has 0 fully saturated rings. The number of pyridine rings is 3. The number of anilines is 2. The summed E-state index contributed by atoms with van der Waals surface area (Å²) >= 11 is 5.86. The Morgan fingerprint density at radius 3 is 2.58 bits per heavy atom. The molecule has 1 unspecified atom stereocenters. The van der Waals surface area contributed by atoms with E-state index in [1.165, 1.54) is 26.5 Å². The molecule has 0 aromatic carbocycles. The van der Waals surface area contributed by atoms with Gasteiger partial charge in [0, 0.05) is 18.7 Å². The molecule has 2 N–H and O–H groups in total. The molecule has 3 aromatic heterocycles. The fourth-order valence-corrected chi connectivity index (χ4v) is 2.97. The van der Waals surface area contributed by atoms with E-state index in [0.717, 1.165) is 6.20 Å². The molecule has 0 aliphatic heterocycles. The van der Waals surface area contributed by atoms with Gasteiger partial charge in [0.15, 0.2) is 0 Å². The minimum Gasteiger partial charge on any atom is -0.481 e. The highest BCUT2D eigenvalue weighted by Gasteiger charge is 2.19. The average molecular weight is 454 g/mol. The summed E-state index contributed by atoms with van der Waals surface area (Å²) in [5.41, 5.74) is 2.22. The summed E-state index contributed by atoms with van der Waals surface area (Å²) in [6.45, 7) is -1.27. The maximum absolute atomic E-state index is 12.5. The summed E-state index contributed by atoms with van der Waals surface area (Å²) in [6.07, 6.45) is 2.18. The highest BCUT2D eigenvalue weighted by Crippen LogP contribution is 2.32. The lowest BCUT2D eigenvalue weighted by Crippen LogP contribution is -2.21. The van der Waals surface area contributed by atoms with Crippen molar-refractivity contribution < 1.29 is 27.8 Å². The maximum Gasteiger partial charge on any atom is 0.388 e. The van der Waals surface area contributed by atoms with Crippen LogP contribution in [0.1, 0.15) is 18.6 Å². The lowest BCUT2D eigenvalue weighted by atomic mass is 10.1. The average Bonchev–Trinajstić information content (AvgIpc) is 2.74. The van der Waals surface area contributed by atoms with E-state index in [1.54, 1.807) is 19.1 Å². The molecule has 3 aromatic rings. The van der Waals surface area contributed by atoms with Crippen molar-refractivity contribution in [2.75, 3.05) is 24.9 Å². The summed E-state index contributed by atoms with van der Waals surface area (Å²) in [5, 5.41) is 5.00. The monoisotopic (exact) mass is 453 g/mol. The summed E-state index contributed by atoms with van der Waals surface area (Å²) in [7, 11) is 3.02. The van der Waals surface area contributed by atoms with Crippen molar-refractivity contribution >= 4 is 40.0 Å². The van der Waals surface area contributed by atoms with Crippen LogP contribution in [0, 0.1) is 0 Å². The van der Waals surface area contributed by atoms with Crippen LogP contribution < -0.4 is 20.1 Å². The summed E-state index contributed by atoms with van der Waals surface area (Å²) in [5.74, 6) is -0.0649. The van der Waals surface area contributed by atoms with Crippen molar-refractivity contribution in [2.45, 2.75) is 19.6 Å². The highest BCUT2D eigenvalue weighted by molar-refractivity contribution is 6.32. The molecular formula is C19H18ClF2N5O4. The third-order valence-corrected chi connectivity index (χ3v) is 4.48. The quantitative estimate of drug-likeness (QED) is 0.536. The van der Waals surface area contributed by atoms with Gasteiger partial charge in [-0.3, -0.25) is 4.98 Å². The van der Waals surface area contributed by atoms with Crippen LogP contribution >= 0.6 is 11.6 Å². The van der Waals surface area contributed by atoms with Crippen LogP contribution in [0.3, 0.4) is 0 Å². The minimum absolute atomic E-state index is 0.166. The predicted octanol–water partition coefficient (Wildman–Crippen LogP) is 4.64. The van der Waals surface area contributed by atoms with E-state index in [2.05, 4.69) is 30.3 Å². The Labute approximate surface area is 180 Å². The van der Waals surface area contributed by atoms with Gasteiger partial charge in [0.2, 0.25) is 11.8 Å². The van der Waals surface area contributed by atoms with Crippen LogP contribution in [0.5, 0.6) is 11.8 Å². The number of ether oxygens (including phenoxy) is 3. The second kappa shape index (κ2) is 9.67. The van der Waals surface area contributed by atoms with E-state index < -0.39 is 24.6 Å². The first-order chi connectivity index (χ1) is 14.8. The summed E-state index contributed by atoms with van der Waals surface area (Å²) in [6, 6.07) is 4.01. The van der Waals surface area contributed by atoms with E-state index in [9.17, 15) is 13.6 Å². The number of aromatic nitrogens is 3. The van der Waals surface area contributed by atoms with E-state index in [1.807, 2.05) is 0 Å². The van der Waals surface area contributed by atoms with Crippen LogP contribution in [-0.2, 0) is 4.74 Å². The topological polar surface area (TPSA) is 107 Å². The number of amides is 2. The van der Waals surface area contributed by atoms with Gasteiger partial charge in [-0.15, -0.1) is 0 Å². The molecule has 0 saturated heterocycles. The number of nitrogens with zero attached hydrogens (tertiary/aromatic N) is 3. The number of methoxy groups -OCH3 is 2. The Morgan fingerprint density at radius 2 is 1.94 bits per heavy atom. The number of hydrogen-bond acceptors (Lipinski definition) is 7. The number of hydrogen-bond donors (Lipinski definition) is 2. The first-order valence-electron chi connectivity index (χ1n) is 8.87. The van der Waals surface area contributed by atoms with Gasteiger partial charge in [-0.25, -0.2) is 14.8 Å². The number of rotatable bonds is 7. The van der Waals surface area contributed by atoms with Gasteiger partial charge >= 0.3 is 12.6 Å². The number of halogens is 3. The summed E-state index contributed by atoms with van der Waals surface area (Å²) < 4.78 is 39.4. The largest absolute Gasteiger partial charge is 0.481 e. The van der Waals surface area contributed by atoms with Crippen LogP contribution in [0.2, 0.25) is 5.02 Å². The molecule has 31 heavy (non-hydrogen) atoms. The molecule has 1 atom stereocenters. The van der Waals surface area contributed by atoms with E-state index in [0.29, 0.717) is 28.2 Å². The molecule has 164 valence electrons. The standard InChI is InChI=1S/C19H18ClF2N5O4/c1-9(29-2)15-13(8-23-12-4-5-14(30-3)27-16(12)15)26-19(28)25-10-6-11(20)17(24-7-10)31-18(21)22/h4-9,18H,1-3H3,(H2,25,26,28). The third-order valence-electron chi connectivity index (χ3n) is 4.21. The van der Waals surface area contributed by atoms with E-state index in [4.69, 9.17) is 21.1 Å². The van der Waals surface area contributed by atoms with Crippen LogP contribution in [-0.4, -0.2) is 41.8 Å². The van der Waals surface area contributed by atoms with Gasteiger partial charge in [-0.1, -0.05) is 11.6 Å². The first-order valence-corrected chi connectivity index (χ1v) is 9.25. The van der Waals surface area contributed by atoms with Gasteiger partial charge in [-0.05, 0) is 19.1 Å². The zero-order valence-electron chi connectivity index (χ0n) is 16.6. The number of nitrogens with one attached hydrogen (secondary N) is 2. The second-order valence-electron chi connectivity index (χ2n) is 6.15. The number of fused-ring (bicyclic) bond motifs is 1. The number of urea groups is 1. The molecule has 0 saturated carbocycles. The Morgan fingerprint density at radius 1 is 1.16 bits per heavy atom. The van der Waals surface area contributed by atoms with Crippen molar-refractivity contribution in [2.24, 2.45) is 0 Å². The lowest BCUT2D eigenvalue weighted by Gasteiger charge is -2.18. The molecule has 3 rings (SSSR count). The fourth-order valence-electron chi connectivity index (χ4n) is 2.76. The molecule has 0 aliphatic rings. The Balaban J connectivity index is 1.87. The van der Waals surface area contributed by atoms with Crippen molar-refractivity contribution in [3.05, 3.63) is 41.2 Å². The van der Waals surface area contributed by atoms with E-state index in [-0.39, 0.29) is 10.7 Å². The molecule has 9 nitrogen and oxygen atoms in total. The van der Waals surface area contributed by atoms with Crippen LogP contribution in [0.25, 0.3) is 11.0 Å². The smallest absolute Gasteiger partial charge is 0.388 e. The van der Waals surface area contributed by atoms with Crippen molar-refractivity contribution in [3.8, 4) is 11.8 Å². The molecule has 0 aliphatic carbocycles. The number of carbonyl (C=O) groups excluding carboxylic acids is 1. The Hall–Kier alpha value is -3.31. The fraction of sp³-hybridized carbons (Fsp3) is 0.263. The Kier molecular flexibility index (Phi) is 6.98. The van der Waals surface area contributed by atoms with Gasteiger partial charge < -0.3 is 24.8 Å². The van der Waals surface area contributed by atoms with Crippen LogP contribution in [0.15, 0.2) is 30.6 Å². The van der Waals surface area contributed by atoms with E-state index >= 15 is 0 Å². The SMILES string of the molecule is COc1ccc2ncc(NC(=O)Nc3cnc(OC(F)F)c(Cl)c3)c(C(C)OC)c2n1. The Bertz CT molecular complexity index is 1100. The number of carbonyl (C=O) groups is 1. The summed E-state index contributed by atoms with van der Waals surface area (Å²) in [4.78, 5) is 24.9. The van der Waals surface area contributed by atoms with Crippen LogP contribution in [0.4, 0.5) is 25.0 Å². The zero-order valence-corrected chi connectivity index (χ0v) is 17.4. The molecule has 0 spiro atoms.